The van der Waals surface area contributed by atoms with E-state index in [2.05, 4.69) is 70.2 Å². The normalized spacial score (nSPS) is 11.7. The van der Waals surface area contributed by atoms with Crippen LogP contribution in [-0.4, -0.2) is 9.97 Å². The molecule has 0 N–H and O–H groups in total. The standard InChI is InChI=1S/C38H54Br2N2S4/c1-3-5-7-9-11-13-15-17-19-21-23-29-25-33(39)45-35(29)31-27-41-37(43-31)38-42-28-32(44-38)36-30(26-34(40)46-36)24-22-20-18-16-14-12-10-8-6-4-2/h25-28H,3-24H2,1-2H3. The molecule has 0 saturated carbocycles. The number of hydrogen-bond donors (Lipinski definition) is 0. The molecule has 0 atom stereocenters. The van der Waals surface area contributed by atoms with Gasteiger partial charge in [0.25, 0.3) is 0 Å². The second-order valence-electron chi connectivity index (χ2n) is 12.7. The van der Waals surface area contributed by atoms with Gasteiger partial charge in [-0.15, -0.1) is 45.3 Å². The molecule has 46 heavy (non-hydrogen) atoms. The Hall–Kier alpha value is -0.380. The van der Waals surface area contributed by atoms with Crippen LogP contribution in [0.15, 0.2) is 32.1 Å². The molecule has 4 heterocycles. The van der Waals surface area contributed by atoms with Crippen molar-refractivity contribution in [1.82, 2.24) is 9.97 Å². The van der Waals surface area contributed by atoms with Crippen molar-refractivity contribution in [3.8, 4) is 29.5 Å². The highest BCUT2D eigenvalue weighted by Gasteiger charge is 2.18. The van der Waals surface area contributed by atoms with Gasteiger partial charge in [-0.1, -0.05) is 129 Å². The van der Waals surface area contributed by atoms with Gasteiger partial charge in [0, 0.05) is 12.4 Å². The summed E-state index contributed by atoms with van der Waals surface area (Å²) in [5, 5.41) is 2.07. The van der Waals surface area contributed by atoms with Gasteiger partial charge < -0.3 is 0 Å². The average molecular weight is 827 g/mol. The fourth-order valence-electron chi connectivity index (χ4n) is 6.14. The fraction of sp³-hybridized carbons (Fsp3) is 0.632. The largest absolute Gasteiger partial charge is 0.241 e. The monoisotopic (exact) mass is 824 g/mol. The molecule has 0 saturated heterocycles. The van der Waals surface area contributed by atoms with E-state index < -0.39 is 0 Å². The van der Waals surface area contributed by atoms with Crippen LogP contribution in [0.3, 0.4) is 0 Å². The molecule has 0 unspecified atom stereocenters. The number of thiazole rings is 2. The average Bonchev–Trinajstić information content (AvgIpc) is 3.85. The van der Waals surface area contributed by atoms with Crippen LogP contribution in [0.5, 0.6) is 0 Å². The number of unbranched alkanes of at least 4 members (excludes halogenated alkanes) is 18. The van der Waals surface area contributed by atoms with E-state index in [4.69, 9.17) is 9.97 Å². The molecule has 0 spiro atoms. The van der Waals surface area contributed by atoms with Crippen molar-refractivity contribution in [1.29, 1.82) is 0 Å². The van der Waals surface area contributed by atoms with Crippen LogP contribution in [-0.2, 0) is 12.8 Å². The number of hydrogen-bond acceptors (Lipinski definition) is 6. The summed E-state index contributed by atoms with van der Waals surface area (Å²) in [6, 6.07) is 4.67. The van der Waals surface area contributed by atoms with Gasteiger partial charge in [0.05, 0.1) is 27.1 Å². The zero-order valence-corrected chi connectivity index (χ0v) is 34.6. The van der Waals surface area contributed by atoms with E-state index in [1.807, 2.05) is 22.7 Å². The molecule has 4 aromatic heterocycles. The Morgan fingerprint density at radius 3 is 1.13 bits per heavy atom. The number of halogens is 2. The molecule has 2 nitrogen and oxygen atoms in total. The number of aryl methyl sites for hydroxylation is 2. The molecule has 0 bridgehead atoms. The Kier molecular flexibility index (Phi) is 18.7. The topological polar surface area (TPSA) is 25.8 Å². The first-order valence-corrected chi connectivity index (χ1v) is 22.9. The molecular weight excluding hydrogens is 773 g/mol. The van der Waals surface area contributed by atoms with E-state index in [0.29, 0.717) is 0 Å². The maximum absolute atomic E-state index is 4.86. The lowest BCUT2D eigenvalue weighted by Gasteiger charge is -2.03. The van der Waals surface area contributed by atoms with Crippen molar-refractivity contribution >= 4 is 77.2 Å². The lowest BCUT2D eigenvalue weighted by Crippen LogP contribution is -1.86. The Bertz CT molecular complexity index is 1280. The summed E-state index contributed by atoms with van der Waals surface area (Å²) in [5.74, 6) is 0. The van der Waals surface area contributed by atoms with Crippen LogP contribution in [0.25, 0.3) is 29.5 Å². The van der Waals surface area contributed by atoms with E-state index in [1.165, 1.54) is 167 Å². The van der Waals surface area contributed by atoms with Gasteiger partial charge in [-0.2, -0.15) is 0 Å². The van der Waals surface area contributed by atoms with Crippen LogP contribution >= 0.6 is 77.2 Å². The van der Waals surface area contributed by atoms with E-state index in [0.717, 1.165) is 22.9 Å². The second-order valence-corrected chi connectivity index (χ2v) is 19.7. The van der Waals surface area contributed by atoms with Gasteiger partial charge in [-0.25, -0.2) is 9.97 Å². The minimum atomic E-state index is 1.03. The SMILES string of the molecule is CCCCCCCCCCCCc1cc(Br)sc1-c1cnc(-c2ncc(-c3sc(Br)cc3CCCCCCCCCCCC)s2)s1. The third-order valence-electron chi connectivity index (χ3n) is 8.80. The quantitative estimate of drug-likeness (QED) is 0.0622. The van der Waals surface area contributed by atoms with Crippen molar-refractivity contribution in [3.05, 3.63) is 43.2 Å². The Balaban J connectivity index is 1.25. The van der Waals surface area contributed by atoms with Crippen molar-refractivity contribution in [2.75, 3.05) is 0 Å². The smallest absolute Gasteiger partial charge is 0.152 e. The predicted octanol–water partition coefficient (Wildman–Crippen LogP) is 16.2. The zero-order chi connectivity index (χ0) is 32.4. The maximum atomic E-state index is 4.86. The van der Waals surface area contributed by atoms with Crippen molar-refractivity contribution in [3.63, 3.8) is 0 Å². The van der Waals surface area contributed by atoms with Crippen LogP contribution in [0.4, 0.5) is 0 Å². The summed E-state index contributed by atoms with van der Waals surface area (Å²) in [6.07, 6.45) is 34.0. The molecule has 0 aliphatic carbocycles. The molecule has 0 amide bonds. The van der Waals surface area contributed by atoms with Crippen LogP contribution in [0.1, 0.15) is 153 Å². The Labute approximate surface area is 312 Å². The molecule has 0 fully saturated rings. The third kappa shape index (κ3) is 13.2. The highest BCUT2D eigenvalue weighted by Crippen LogP contribution is 2.44. The summed E-state index contributed by atoms with van der Waals surface area (Å²) in [5.41, 5.74) is 2.93. The molecule has 8 heteroatoms. The number of aromatic nitrogens is 2. The lowest BCUT2D eigenvalue weighted by molar-refractivity contribution is 0.556. The zero-order valence-electron chi connectivity index (χ0n) is 28.1. The lowest BCUT2D eigenvalue weighted by atomic mass is 10.0. The molecule has 4 rings (SSSR count). The van der Waals surface area contributed by atoms with Gasteiger partial charge >= 0.3 is 0 Å². The van der Waals surface area contributed by atoms with Crippen molar-refractivity contribution < 1.29 is 0 Å². The highest BCUT2D eigenvalue weighted by molar-refractivity contribution is 9.11. The first-order chi connectivity index (χ1) is 22.6. The Morgan fingerprint density at radius 2 is 0.783 bits per heavy atom. The Morgan fingerprint density at radius 1 is 0.457 bits per heavy atom. The molecule has 254 valence electrons. The summed E-state index contributed by atoms with van der Waals surface area (Å²) >= 11 is 14.8. The summed E-state index contributed by atoms with van der Waals surface area (Å²) in [6.45, 7) is 4.59. The van der Waals surface area contributed by atoms with E-state index >= 15 is 0 Å². The molecule has 0 aromatic carbocycles. The molecule has 0 aliphatic rings. The number of nitrogens with zero attached hydrogens (tertiary/aromatic N) is 2. The molecular formula is C38H54Br2N2S4. The summed E-state index contributed by atoms with van der Waals surface area (Å²) < 4.78 is 2.43. The van der Waals surface area contributed by atoms with Crippen LogP contribution in [0, 0.1) is 0 Å². The maximum Gasteiger partial charge on any atom is 0.152 e. The summed E-state index contributed by atoms with van der Waals surface area (Å²) in [7, 11) is 0. The molecule has 4 aromatic rings. The third-order valence-corrected chi connectivity index (χ3v) is 14.7. The first kappa shape index (κ1) is 38.4. The van der Waals surface area contributed by atoms with Crippen molar-refractivity contribution in [2.24, 2.45) is 0 Å². The van der Waals surface area contributed by atoms with Gasteiger partial charge in [-0.05, 0) is 80.8 Å². The van der Waals surface area contributed by atoms with E-state index in [9.17, 15) is 0 Å². The van der Waals surface area contributed by atoms with Crippen molar-refractivity contribution in [2.45, 2.75) is 155 Å². The fourth-order valence-corrected chi connectivity index (χ4v) is 11.7. The number of thiophene rings is 2. The van der Waals surface area contributed by atoms with E-state index in [-0.39, 0.29) is 0 Å². The van der Waals surface area contributed by atoms with Gasteiger partial charge in [0.2, 0.25) is 0 Å². The van der Waals surface area contributed by atoms with Crippen LogP contribution in [0.2, 0.25) is 0 Å². The minimum absolute atomic E-state index is 1.03. The summed E-state index contributed by atoms with van der Waals surface area (Å²) in [4.78, 5) is 15.0. The highest BCUT2D eigenvalue weighted by atomic mass is 79.9. The van der Waals surface area contributed by atoms with Gasteiger partial charge in [-0.3, -0.25) is 0 Å². The first-order valence-electron chi connectivity index (χ1n) is 18.1. The number of rotatable bonds is 25. The second kappa shape index (κ2) is 22.4. The predicted molar refractivity (Wildman–Crippen MR) is 216 cm³/mol. The van der Waals surface area contributed by atoms with E-state index in [1.54, 1.807) is 22.7 Å². The van der Waals surface area contributed by atoms with Gasteiger partial charge in [0.15, 0.2) is 10.0 Å². The molecule has 0 aliphatic heterocycles. The molecule has 0 radical (unpaired) electrons. The van der Waals surface area contributed by atoms with Crippen LogP contribution < -0.4 is 0 Å². The van der Waals surface area contributed by atoms with Gasteiger partial charge in [0.1, 0.15) is 0 Å². The minimum Gasteiger partial charge on any atom is -0.241 e.